The normalized spacial score (nSPS) is 9.36. The van der Waals surface area contributed by atoms with Crippen LogP contribution in [-0.4, -0.2) is 16.9 Å². The van der Waals surface area contributed by atoms with E-state index in [0.717, 1.165) is 0 Å². The summed E-state index contributed by atoms with van der Waals surface area (Å²) in [7, 11) is 0. The van der Waals surface area contributed by atoms with E-state index in [4.69, 9.17) is 15.9 Å². The van der Waals surface area contributed by atoms with Gasteiger partial charge in [-0.1, -0.05) is 0 Å². The van der Waals surface area contributed by atoms with E-state index in [1.807, 2.05) is 13.8 Å². The van der Waals surface area contributed by atoms with Crippen LogP contribution in [-0.2, 0) is 0 Å². The number of hydrogen-bond donors (Lipinski definition) is 2. The van der Waals surface area contributed by atoms with Crippen molar-refractivity contribution in [3.8, 4) is 5.75 Å². The Kier molecular flexibility index (Phi) is 4.94. The van der Waals surface area contributed by atoms with Crippen molar-refractivity contribution >= 4 is 18.2 Å². The summed E-state index contributed by atoms with van der Waals surface area (Å²) in [5, 5.41) is 7.12. The molecule has 1 heterocycles. The van der Waals surface area contributed by atoms with E-state index < -0.39 is 0 Å². The summed E-state index contributed by atoms with van der Waals surface area (Å²) in [6, 6.07) is 3.42. The van der Waals surface area contributed by atoms with E-state index >= 15 is 0 Å². The van der Waals surface area contributed by atoms with Gasteiger partial charge in [-0.25, -0.2) is 4.98 Å². The van der Waals surface area contributed by atoms with Crippen molar-refractivity contribution in [3.05, 3.63) is 24.0 Å². The SMILES string of the molecule is CC(C)Oc1ccc(C(=N)N)nc1.Cl. The zero-order valence-electron chi connectivity index (χ0n) is 8.15. The highest BCUT2D eigenvalue weighted by atomic mass is 35.5. The first-order chi connectivity index (χ1) is 6.09. The van der Waals surface area contributed by atoms with Gasteiger partial charge in [0.15, 0.2) is 0 Å². The van der Waals surface area contributed by atoms with Crippen LogP contribution in [0, 0.1) is 5.41 Å². The van der Waals surface area contributed by atoms with Crippen molar-refractivity contribution in [2.45, 2.75) is 20.0 Å². The first-order valence-corrected chi connectivity index (χ1v) is 4.06. The number of nitrogens with one attached hydrogen (secondary N) is 1. The number of pyridine rings is 1. The van der Waals surface area contributed by atoms with Gasteiger partial charge in [0.1, 0.15) is 17.3 Å². The maximum Gasteiger partial charge on any atom is 0.141 e. The Labute approximate surface area is 89.4 Å². The molecule has 5 heteroatoms. The van der Waals surface area contributed by atoms with Crippen LogP contribution < -0.4 is 10.5 Å². The van der Waals surface area contributed by atoms with Crippen LogP contribution >= 0.6 is 12.4 Å². The first kappa shape index (κ1) is 12.7. The average Bonchev–Trinajstić information content (AvgIpc) is 2.04. The molecule has 1 aromatic rings. The molecule has 0 bridgehead atoms. The minimum atomic E-state index is -0.0314. The van der Waals surface area contributed by atoms with E-state index in [1.165, 1.54) is 0 Å². The van der Waals surface area contributed by atoms with Gasteiger partial charge in [0.2, 0.25) is 0 Å². The zero-order chi connectivity index (χ0) is 9.84. The summed E-state index contributed by atoms with van der Waals surface area (Å²) < 4.78 is 5.38. The zero-order valence-corrected chi connectivity index (χ0v) is 8.97. The molecule has 3 N–H and O–H groups in total. The van der Waals surface area contributed by atoms with E-state index in [9.17, 15) is 0 Å². The van der Waals surface area contributed by atoms with Gasteiger partial charge in [-0.15, -0.1) is 12.4 Å². The summed E-state index contributed by atoms with van der Waals surface area (Å²) in [5.41, 5.74) is 5.71. The number of hydrogen-bond acceptors (Lipinski definition) is 3. The number of nitrogens with two attached hydrogens (primary N) is 1. The van der Waals surface area contributed by atoms with Gasteiger partial charge in [0.05, 0.1) is 12.3 Å². The smallest absolute Gasteiger partial charge is 0.141 e. The molecule has 78 valence electrons. The van der Waals surface area contributed by atoms with Gasteiger partial charge in [0, 0.05) is 0 Å². The average molecular weight is 216 g/mol. The predicted octanol–water partition coefficient (Wildman–Crippen LogP) is 1.57. The lowest BCUT2D eigenvalue weighted by Gasteiger charge is -2.08. The molecular formula is C9H14ClN3O. The van der Waals surface area contributed by atoms with Gasteiger partial charge < -0.3 is 10.5 Å². The summed E-state index contributed by atoms with van der Waals surface area (Å²) >= 11 is 0. The molecule has 0 aliphatic carbocycles. The largest absolute Gasteiger partial charge is 0.489 e. The number of nitrogens with zero attached hydrogens (tertiary/aromatic N) is 1. The molecule has 0 aliphatic rings. The number of nitrogen functional groups attached to an aromatic ring is 1. The molecule has 14 heavy (non-hydrogen) atoms. The minimum absolute atomic E-state index is 0. The Morgan fingerprint density at radius 3 is 2.50 bits per heavy atom. The van der Waals surface area contributed by atoms with Gasteiger partial charge in [0.25, 0.3) is 0 Å². The molecule has 0 unspecified atom stereocenters. The Morgan fingerprint density at radius 2 is 2.14 bits per heavy atom. The van der Waals surface area contributed by atoms with E-state index in [0.29, 0.717) is 11.4 Å². The third kappa shape index (κ3) is 3.62. The van der Waals surface area contributed by atoms with Crippen molar-refractivity contribution in [2.75, 3.05) is 0 Å². The van der Waals surface area contributed by atoms with Crippen molar-refractivity contribution in [3.63, 3.8) is 0 Å². The molecule has 0 spiro atoms. The fourth-order valence-corrected chi connectivity index (χ4v) is 0.881. The molecular weight excluding hydrogens is 202 g/mol. The van der Waals surface area contributed by atoms with Crippen LogP contribution in [0.15, 0.2) is 18.3 Å². The van der Waals surface area contributed by atoms with Gasteiger partial charge in [-0.05, 0) is 26.0 Å². The third-order valence-corrected chi connectivity index (χ3v) is 1.38. The quantitative estimate of drug-likeness (QED) is 0.594. The van der Waals surface area contributed by atoms with E-state index in [-0.39, 0.29) is 24.3 Å². The number of ether oxygens (including phenoxy) is 1. The van der Waals surface area contributed by atoms with Crippen molar-refractivity contribution in [1.29, 1.82) is 5.41 Å². The first-order valence-electron chi connectivity index (χ1n) is 4.06. The molecule has 0 aliphatic heterocycles. The highest BCUT2D eigenvalue weighted by molar-refractivity contribution is 5.92. The molecule has 0 fully saturated rings. The monoisotopic (exact) mass is 215 g/mol. The number of aromatic nitrogens is 1. The maximum absolute atomic E-state index is 7.12. The Morgan fingerprint density at radius 1 is 1.50 bits per heavy atom. The van der Waals surface area contributed by atoms with Crippen LogP contribution in [0.3, 0.4) is 0 Å². The number of rotatable bonds is 3. The molecule has 4 nitrogen and oxygen atoms in total. The topological polar surface area (TPSA) is 72.0 Å². The Hall–Kier alpha value is -1.29. The van der Waals surface area contributed by atoms with Gasteiger partial charge in [-0.2, -0.15) is 0 Å². The molecule has 0 aromatic carbocycles. The molecule has 0 saturated carbocycles. The second kappa shape index (κ2) is 5.44. The molecule has 0 atom stereocenters. The van der Waals surface area contributed by atoms with E-state index in [2.05, 4.69) is 4.98 Å². The highest BCUT2D eigenvalue weighted by Gasteiger charge is 2.00. The van der Waals surface area contributed by atoms with E-state index in [1.54, 1.807) is 18.3 Å². The summed E-state index contributed by atoms with van der Waals surface area (Å²) in [5.74, 6) is 0.663. The lowest BCUT2D eigenvalue weighted by Crippen LogP contribution is -2.13. The lowest BCUT2D eigenvalue weighted by atomic mass is 10.3. The minimum Gasteiger partial charge on any atom is -0.489 e. The fraction of sp³-hybridized carbons (Fsp3) is 0.333. The van der Waals surface area contributed by atoms with Crippen LogP contribution in [0.5, 0.6) is 5.75 Å². The molecule has 0 radical (unpaired) electrons. The van der Waals surface area contributed by atoms with Gasteiger partial charge in [-0.3, -0.25) is 5.41 Å². The third-order valence-electron chi connectivity index (χ3n) is 1.38. The summed E-state index contributed by atoms with van der Waals surface area (Å²) in [4.78, 5) is 3.96. The standard InChI is InChI=1S/C9H13N3O.ClH/c1-6(2)13-7-3-4-8(9(10)11)12-5-7;/h3-6H,1-2H3,(H3,10,11);1H. The van der Waals surface area contributed by atoms with Gasteiger partial charge >= 0.3 is 0 Å². The molecule has 1 aromatic heterocycles. The summed E-state index contributed by atoms with van der Waals surface area (Å²) in [6.07, 6.45) is 1.70. The molecule has 0 saturated heterocycles. The molecule has 0 amide bonds. The fourth-order valence-electron chi connectivity index (χ4n) is 0.881. The number of halogens is 1. The Bertz CT molecular complexity index is 297. The second-order valence-electron chi connectivity index (χ2n) is 2.96. The van der Waals surface area contributed by atoms with Crippen LogP contribution in [0.1, 0.15) is 19.5 Å². The van der Waals surface area contributed by atoms with Crippen LogP contribution in [0.2, 0.25) is 0 Å². The lowest BCUT2D eigenvalue weighted by molar-refractivity contribution is 0.241. The predicted molar refractivity (Wildman–Crippen MR) is 58.3 cm³/mol. The molecule has 1 rings (SSSR count). The Balaban J connectivity index is 0.00000169. The van der Waals surface area contributed by atoms with Crippen LogP contribution in [0.25, 0.3) is 0 Å². The summed E-state index contributed by atoms with van der Waals surface area (Å²) in [6.45, 7) is 3.89. The van der Waals surface area contributed by atoms with Crippen molar-refractivity contribution in [2.24, 2.45) is 5.73 Å². The van der Waals surface area contributed by atoms with Crippen molar-refractivity contribution in [1.82, 2.24) is 4.98 Å². The maximum atomic E-state index is 7.12. The second-order valence-corrected chi connectivity index (χ2v) is 2.96. The highest BCUT2D eigenvalue weighted by Crippen LogP contribution is 2.10. The van der Waals surface area contributed by atoms with Crippen LogP contribution in [0.4, 0.5) is 0 Å². The van der Waals surface area contributed by atoms with Crippen molar-refractivity contribution < 1.29 is 4.74 Å². The number of amidine groups is 1.